The van der Waals surface area contributed by atoms with Crippen molar-refractivity contribution in [3.8, 4) is 0 Å². The van der Waals surface area contributed by atoms with Crippen molar-refractivity contribution in [2.24, 2.45) is 0 Å². The van der Waals surface area contributed by atoms with E-state index in [-0.39, 0.29) is 6.23 Å². The average molecular weight is 291 g/mol. The molecular weight excluding hydrogens is 279 g/mol. The number of ether oxygens (including phenoxy) is 1. The van der Waals surface area contributed by atoms with Crippen LogP contribution in [0.2, 0.25) is 10.0 Å². The molecule has 1 aromatic rings. The molecule has 0 saturated carbocycles. The first-order chi connectivity index (χ1) is 8.15. The van der Waals surface area contributed by atoms with Crippen molar-refractivity contribution in [2.75, 3.05) is 20.2 Å². The summed E-state index contributed by atoms with van der Waals surface area (Å²) in [6.45, 7) is 1.33. The van der Waals surface area contributed by atoms with Gasteiger partial charge in [0.2, 0.25) is 0 Å². The maximum absolute atomic E-state index is 6.17. The standard InChI is InChI=1S/C11H12Cl2N2OS/c1-14-11(17)15-5-6-16-10(15)9-7(12)3-2-4-8(9)13/h2-4,10H,5-6H2,1H3,(H,14,17). The molecule has 1 heterocycles. The molecule has 1 atom stereocenters. The Morgan fingerprint density at radius 1 is 1.47 bits per heavy atom. The minimum atomic E-state index is -0.309. The smallest absolute Gasteiger partial charge is 0.171 e. The van der Waals surface area contributed by atoms with Crippen molar-refractivity contribution in [2.45, 2.75) is 6.23 Å². The maximum atomic E-state index is 6.17. The second-order valence-corrected chi connectivity index (χ2v) is 4.81. The van der Waals surface area contributed by atoms with E-state index < -0.39 is 0 Å². The molecule has 0 aliphatic carbocycles. The molecular formula is C11H12Cl2N2OS. The molecule has 92 valence electrons. The lowest BCUT2D eigenvalue weighted by atomic mass is 10.2. The molecule has 0 aromatic heterocycles. The van der Waals surface area contributed by atoms with Crippen LogP contribution in [0.15, 0.2) is 18.2 Å². The Kier molecular flexibility index (Phi) is 4.09. The Balaban J connectivity index is 2.36. The van der Waals surface area contributed by atoms with Crippen molar-refractivity contribution in [1.82, 2.24) is 10.2 Å². The van der Waals surface area contributed by atoms with E-state index in [4.69, 9.17) is 40.2 Å². The van der Waals surface area contributed by atoms with Gasteiger partial charge in [-0.05, 0) is 24.4 Å². The molecule has 6 heteroatoms. The van der Waals surface area contributed by atoms with E-state index in [0.717, 1.165) is 12.1 Å². The summed E-state index contributed by atoms with van der Waals surface area (Å²) in [6, 6.07) is 5.40. The quantitative estimate of drug-likeness (QED) is 0.804. The van der Waals surface area contributed by atoms with Gasteiger partial charge in [0.1, 0.15) is 0 Å². The van der Waals surface area contributed by atoms with Gasteiger partial charge in [-0.15, -0.1) is 0 Å². The van der Waals surface area contributed by atoms with Gasteiger partial charge >= 0.3 is 0 Å². The molecule has 1 aliphatic rings. The number of rotatable bonds is 1. The highest BCUT2D eigenvalue weighted by molar-refractivity contribution is 7.80. The van der Waals surface area contributed by atoms with Crippen LogP contribution in [0.4, 0.5) is 0 Å². The summed E-state index contributed by atoms with van der Waals surface area (Å²) >= 11 is 17.6. The number of hydrogen-bond donors (Lipinski definition) is 1. The lowest BCUT2D eigenvalue weighted by Gasteiger charge is -2.26. The molecule has 1 fully saturated rings. The summed E-state index contributed by atoms with van der Waals surface area (Å²) in [5.74, 6) is 0. The number of benzene rings is 1. The molecule has 1 saturated heterocycles. The summed E-state index contributed by atoms with van der Waals surface area (Å²) in [4.78, 5) is 1.93. The molecule has 17 heavy (non-hydrogen) atoms. The Bertz CT molecular complexity index is 421. The zero-order valence-corrected chi connectivity index (χ0v) is 11.6. The fourth-order valence-corrected chi connectivity index (χ4v) is 2.58. The van der Waals surface area contributed by atoms with Crippen LogP contribution in [0.3, 0.4) is 0 Å². The second-order valence-electron chi connectivity index (χ2n) is 3.61. The highest BCUT2D eigenvalue weighted by Gasteiger charge is 2.31. The number of thiocarbonyl (C=S) groups is 1. The summed E-state index contributed by atoms with van der Waals surface area (Å²) < 4.78 is 5.67. The van der Waals surface area contributed by atoms with E-state index in [9.17, 15) is 0 Å². The number of nitrogens with zero attached hydrogens (tertiary/aromatic N) is 1. The number of halogens is 2. The predicted octanol–water partition coefficient (Wildman–Crippen LogP) is 2.83. The summed E-state index contributed by atoms with van der Waals surface area (Å²) in [5, 5.41) is 4.75. The lowest BCUT2D eigenvalue weighted by Crippen LogP contribution is -2.37. The monoisotopic (exact) mass is 290 g/mol. The Morgan fingerprint density at radius 2 is 2.12 bits per heavy atom. The maximum Gasteiger partial charge on any atom is 0.171 e. The molecule has 2 rings (SSSR count). The highest BCUT2D eigenvalue weighted by atomic mass is 35.5. The summed E-state index contributed by atoms with van der Waals surface area (Å²) in [7, 11) is 1.78. The van der Waals surface area contributed by atoms with Crippen LogP contribution in [0, 0.1) is 0 Å². The van der Waals surface area contributed by atoms with Gasteiger partial charge in [0.25, 0.3) is 0 Å². The summed E-state index contributed by atoms with van der Waals surface area (Å²) in [5.41, 5.74) is 0.769. The van der Waals surface area contributed by atoms with Crippen molar-refractivity contribution in [1.29, 1.82) is 0 Å². The molecule has 3 nitrogen and oxygen atoms in total. The Morgan fingerprint density at radius 3 is 2.71 bits per heavy atom. The van der Waals surface area contributed by atoms with Crippen LogP contribution < -0.4 is 5.32 Å². The van der Waals surface area contributed by atoms with Gasteiger partial charge in [-0.2, -0.15) is 0 Å². The van der Waals surface area contributed by atoms with Crippen molar-refractivity contribution < 1.29 is 4.74 Å². The molecule has 1 aromatic carbocycles. The fraction of sp³-hybridized carbons (Fsp3) is 0.364. The third-order valence-corrected chi connectivity index (χ3v) is 3.71. The third-order valence-electron chi connectivity index (χ3n) is 2.61. The zero-order chi connectivity index (χ0) is 12.4. The topological polar surface area (TPSA) is 24.5 Å². The minimum Gasteiger partial charge on any atom is -0.366 e. The molecule has 1 unspecified atom stereocenters. The van der Waals surface area contributed by atoms with E-state index in [1.54, 1.807) is 19.2 Å². The van der Waals surface area contributed by atoms with Crippen LogP contribution >= 0.6 is 35.4 Å². The van der Waals surface area contributed by atoms with Gasteiger partial charge in [0.15, 0.2) is 11.3 Å². The normalized spacial score (nSPS) is 19.5. The summed E-state index contributed by atoms with van der Waals surface area (Å²) in [6.07, 6.45) is -0.309. The van der Waals surface area contributed by atoms with E-state index in [1.165, 1.54) is 0 Å². The molecule has 1 N–H and O–H groups in total. The lowest BCUT2D eigenvalue weighted by molar-refractivity contribution is 0.0633. The van der Waals surface area contributed by atoms with E-state index in [1.807, 2.05) is 11.0 Å². The third kappa shape index (κ3) is 2.50. The predicted molar refractivity (Wildman–Crippen MR) is 73.5 cm³/mol. The number of hydrogen-bond acceptors (Lipinski definition) is 2. The molecule has 0 spiro atoms. The SMILES string of the molecule is CNC(=S)N1CCOC1c1c(Cl)cccc1Cl. The van der Waals surface area contributed by atoms with Gasteiger partial charge in [-0.3, -0.25) is 0 Å². The average Bonchev–Trinajstić information content (AvgIpc) is 2.77. The van der Waals surface area contributed by atoms with Crippen molar-refractivity contribution in [3.05, 3.63) is 33.8 Å². The van der Waals surface area contributed by atoms with Crippen molar-refractivity contribution >= 4 is 40.5 Å². The Labute approximate surface area is 116 Å². The van der Waals surface area contributed by atoms with Gasteiger partial charge < -0.3 is 15.0 Å². The van der Waals surface area contributed by atoms with Crippen LogP contribution in [-0.4, -0.2) is 30.2 Å². The van der Waals surface area contributed by atoms with Gasteiger partial charge in [0.05, 0.1) is 6.61 Å². The largest absolute Gasteiger partial charge is 0.366 e. The fourth-order valence-electron chi connectivity index (χ4n) is 1.81. The first-order valence-corrected chi connectivity index (χ1v) is 6.35. The first kappa shape index (κ1) is 12.9. The molecule has 0 amide bonds. The van der Waals surface area contributed by atoms with E-state index >= 15 is 0 Å². The Hall–Kier alpha value is -0.550. The van der Waals surface area contributed by atoms with Crippen LogP contribution in [0.1, 0.15) is 11.8 Å². The van der Waals surface area contributed by atoms with E-state index in [0.29, 0.717) is 21.8 Å². The molecule has 1 aliphatic heterocycles. The van der Waals surface area contributed by atoms with Gasteiger partial charge in [-0.25, -0.2) is 0 Å². The second kappa shape index (κ2) is 5.40. The number of nitrogens with one attached hydrogen (secondary N) is 1. The van der Waals surface area contributed by atoms with Gasteiger partial charge in [0, 0.05) is 29.2 Å². The van der Waals surface area contributed by atoms with Crippen LogP contribution in [0.5, 0.6) is 0 Å². The minimum absolute atomic E-state index is 0.309. The molecule has 0 radical (unpaired) electrons. The van der Waals surface area contributed by atoms with Crippen LogP contribution in [-0.2, 0) is 4.74 Å². The van der Waals surface area contributed by atoms with Gasteiger partial charge in [-0.1, -0.05) is 29.3 Å². The first-order valence-electron chi connectivity index (χ1n) is 5.19. The molecule has 0 bridgehead atoms. The zero-order valence-electron chi connectivity index (χ0n) is 9.24. The highest BCUT2D eigenvalue weighted by Crippen LogP contribution is 2.36. The van der Waals surface area contributed by atoms with Crippen molar-refractivity contribution in [3.63, 3.8) is 0 Å². The van der Waals surface area contributed by atoms with E-state index in [2.05, 4.69) is 5.32 Å². The van der Waals surface area contributed by atoms with Crippen LogP contribution in [0.25, 0.3) is 0 Å².